The van der Waals surface area contributed by atoms with Gasteiger partial charge in [0.2, 0.25) is 0 Å². The van der Waals surface area contributed by atoms with E-state index in [2.05, 4.69) is 0 Å². The molecule has 78 valence electrons. The number of allylic oxidation sites excluding steroid dienone is 4. The number of alkyl halides is 3. The number of ketones is 1. The molecule has 0 amide bonds. The van der Waals surface area contributed by atoms with E-state index in [-0.39, 0.29) is 18.6 Å². The van der Waals surface area contributed by atoms with E-state index in [9.17, 15) is 18.0 Å². The van der Waals surface area contributed by atoms with Crippen LogP contribution in [0.15, 0.2) is 23.3 Å². The molecule has 1 aliphatic carbocycles. The first-order valence-corrected chi connectivity index (χ1v) is 4.45. The second-order valence-electron chi connectivity index (χ2n) is 3.16. The lowest BCUT2D eigenvalue weighted by Crippen LogP contribution is -2.15. The lowest BCUT2D eigenvalue weighted by Gasteiger charge is -2.15. The van der Waals surface area contributed by atoms with Crippen LogP contribution in [0.25, 0.3) is 0 Å². The summed E-state index contributed by atoms with van der Waals surface area (Å²) < 4.78 is 36.5. The Balaban J connectivity index is 2.79. The zero-order valence-corrected chi connectivity index (χ0v) is 7.82. The molecule has 0 atom stereocenters. The summed E-state index contributed by atoms with van der Waals surface area (Å²) in [6.45, 7) is 1.70. The van der Waals surface area contributed by atoms with Crippen LogP contribution in [0.2, 0.25) is 0 Å². The fourth-order valence-electron chi connectivity index (χ4n) is 1.33. The van der Waals surface area contributed by atoms with E-state index in [1.807, 2.05) is 0 Å². The van der Waals surface area contributed by atoms with Gasteiger partial charge in [0, 0.05) is 12.0 Å². The summed E-state index contributed by atoms with van der Waals surface area (Å²) in [4.78, 5) is 11.1. The van der Waals surface area contributed by atoms with Crippen molar-refractivity contribution in [1.29, 1.82) is 0 Å². The Labute approximate surface area is 80.3 Å². The van der Waals surface area contributed by atoms with Crippen LogP contribution in [0.1, 0.15) is 26.2 Å². The lowest BCUT2D eigenvalue weighted by atomic mass is 9.94. The van der Waals surface area contributed by atoms with Gasteiger partial charge < -0.3 is 0 Å². The molecule has 0 spiro atoms. The number of carbonyl (C=O) groups is 1. The van der Waals surface area contributed by atoms with Gasteiger partial charge in [-0.15, -0.1) is 0 Å². The minimum atomic E-state index is -4.25. The van der Waals surface area contributed by atoms with Gasteiger partial charge in [-0.1, -0.05) is 19.1 Å². The lowest BCUT2D eigenvalue weighted by molar-refractivity contribution is -0.115. The maximum atomic E-state index is 12.2. The standard InChI is InChI=1S/C10H11F3O/c1-2-9(14)7-3-5-8(6-4-7)10(11,12)13/h3,5H,2,4,6H2,1H3. The van der Waals surface area contributed by atoms with E-state index in [1.54, 1.807) is 6.92 Å². The van der Waals surface area contributed by atoms with Crippen molar-refractivity contribution in [1.82, 2.24) is 0 Å². The minimum absolute atomic E-state index is 0.0672. The van der Waals surface area contributed by atoms with E-state index in [0.29, 0.717) is 12.0 Å². The molecule has 0 radical (unpaired) electrons. The van der Waals surface area contributed by atoms with Gasteiger partial charge in [0.05, 0.1) is 0 Å². The van der Waals surface area contributed by atoms with Crippen LogP contribution < -0.4 is 0 Å². The summed E-state index contributed by atoms with van der Waals surface area (Å²) in [6.07, 6.45) is -1.48. The molecule has 0 saturated heterocycles. The van der Waals surface area contributed by atoms with Crippen LogP contribution in [-0.2, 0) is 4.79 Å². The Morgan fingerprint density at radius 3 is 2.36 bits per heavy atom. The van der Waals surface area contributed by atoms with Crippen molar-refractivity contribution in [3.8, 4) is 0 Å². The highest BCUT2D eigenvalue weighted by Gasteiger charge is 2.34. The first kappa shape index (κ1) is 11.0. The number of hydrogen-bond donors (Lipinski definition) is 0. The molecule has 1 aliphatic rings. The summed E-state index contributed by atoms with van der Waals surface area (Å²) in [5.41, 5.74) is -0.0503. The van der Waals surface area contributed by atoms with Crippen LogP contribution in [0, 0.1) is 0 Å². The second kappa shape index (κ2) is 3.98. The summed E-state index contributed by atoms with van der Waals surface area (Å²) in [7, 11) is 0. The number of carbonyl (C=O) groups excluding carboxylic acids is 1. The molecule has 0 aromatic rings. The molecule has 0 N–H and O–H groups in total. The smallest absolute Gasteiger partial charge is 0.295 e. The summed E-state index contributed by atoms with van der Waals surface area (Å²) in [6, 6.07) is 0. The van der Waals surface area contributed by atoms with E-state index < -0.39 is 11.7 Å². The van der Waals surface area contributed by atoms with Crippen molar-refractivity contribution >= 4 is 5.78 Å². The fourth-order valence-corrected chi connectivity index (χ4v) is 1.33. The molecule has 1 nitrogen and oxygen atoms in total. The third-order valence-corrected chi connectivity index (χ3v) is 2.19. The Morgan fingerprint density at radius 2 is 2.00 bits per heavy atom. The molecule has 0 aliphatic heterocycles. The highest BCUT2D eigenvalue weighted by atomic mass is 19.4. The maximum Gasteiger partial charge on any atom is 0.412 e. The minimum Gasteiger partial charge on any atom is -0.295 e. The average Bonchev–Trinajstić information content (AvgIpc) is 2.15. The van der Waals surface area contributed by atoms with Crippen molar-refractivity contribution in [2.75, 3.05) is 0 Å². The van der Waals surface area contributed by atoms with Crippen molar-refractivity contribution in [3.05, 3.63) is 23.3 Å². The van der Waals surface area contributed by atoms with Crippen molar-refractivity contribution < 1.29 is 18.0 Å². The maximum absolute atomic E-state index is 12.2. The number of rotatable bonds is 2. The predicted molar refractivity (Wildman–Crippen MR) is 46.8 cm³/mol. The Morgan fingerprint density at radius 1 is 1.36 bits per heavy atom. The third kappa shape index (κ3) is 2.47. The van der Waals surface area contributed by atoms with Crippen molar-refractivity contribution in [2.45, 2.75) is 32.4 Å². The van der Waals surface area contributed by atoms with Gasteiger partial charge in [0.25, 0.3) is 0 Å². The highest BCUT2D eigenvalue weighted by molar-refractivity contribution is 5.95. The van der Waals surface area contributed by atoms with Gasteiger partial charge in [0.1, 0.15) is 0 Å². The molecule has 0 heterocycles. The van der Waals surface area contributed by atoms with E-state index in [4.69, 9.17) is 0 Å². The van der Waals surface area contributed by atoms with Gasteiger partial charge in [-0.2, -0.15) is 13.2 Å². The van der Waals surface area contributed by atoms with Crippen LogP contribution in [0.4, 0.5) is 13.2 Å². The SMILES string of the molecule is CCC(=O)C1=CC=C(C(F)(F)F)CC1. The summed E-state index contributed by atoms with van der Waals surface area (Å²) in [5, 5.41) is 0. The number of hydrogen-bond acceptors (Lipinski definition) is 1. The first-order valence-electron chi connectivity index (χ1n) is 4.45. The van der Waals surface area contributed by atoms with E-state index >= 15 is 0 Å². The molecule has 14 heavy (non-hydrogen) atoms. The largest absolute Gasteiger partial charge is 0.412 e. The molecule has 1 rings (SSSR count). The fraction of sp³-hybridized carbons (Fsp3) is 0.500. The Bertz CT molecular complexity index is 297. The second-order valence-corrected chi connectivity index (χ2v) is 3.16. The predicted octanol–water partition coefficient (Wildman–Crippen LogP) is 3.17. The normalized spacial score (nSPS) is 17.4. The van der Waals surface area contributed by atoms with E-state index in [1.165, 1.54) is 6.08 Å². The summed E-state index contributed by atoms with van der Waals surface area (Å²) in [5.74, 6) is -0.0672. The van der Waals surface area contributed by atoms with Crippen LogP contribution in [0.5, 0.6) is 0 Å². The average molecular weight is 204 g/mol. The first-order chi connectivity index (χ1) is 6.45. The van der Waals surface area contributed by atoms with Crippen molar-refractivity contribution in [3.63, 3.8) is 0 Å². The molecular weight excluding hydrogens is 193 g/mol. The van der Waals surface area contributed by atoms with Gasteiger partial charge in [-0.3, -0.25) is 4.79 Å². The van der Waals surface area contributed by atoms with Gasteiger partial charge >= 0.3 is 6.18 Å². The molecule has 0 bridgehead atoms. The third-order valence-electron chi connectivity index (χ3n) is 2.19. The topological polar surface area (TPSA) is 17.1 Å². The van der Waals surface area contributed by atoms with Crippen molar-refractivity contribution in [2.24, 2.45) is 0 Å². The Hall–Kier alpha value is -1.06. The van der Waals surface area contributed by atoms with Crippen LogP contribution in [0.3, 0.4) is 0 Å². The molecule has 0 aromatic carbocycles. The number of halogens is 3. The monoisotopic (exact) mass is 204 g/mol. The quantitative estimate of drug-likeness (QED) is 0.675. The van der Waals surface area contributed by atoms with Gasteiger partial charge in [0.15, 0.2) is 5.78 Å². The highest BCUT2D eigenvalue weighted by Crippen LogP contribution is 2.33. The molecule has 4 heteroatoms. The molecule has 0 aromatic heterocycles. The van der Waals surface area contributed by atoms with Gasteiger partial charge in [-0.25, -0.2) is 0 Å². The van der Waals surface area contributed by atoms with E-state index in [0.717, 1.165) is 6.08 Å². The van der Waals surface area contributed by atoms with Gasteiger partial charge in [-0.05, 0) is 18.4 Å². The van der Waals surface area contributed by atoms with Crippen LogP contribution in [-0.4, -0.2) is 12.0 Å². The van der Waals surface area contributed by atoms with Crippen LogP contribution >= 0.6 is 0 Å². The summed E-state index contributed by atoms with van der Waals surface area (Å²) >= 11 is 0. The zero-order chi connectivity index (χ0) is 10.8. The number of Topliss-reactive ketones (excluding diaryl/α,β-unsaturated/α-hetero) is 1. The molecule has 0 fully saturated rings. The molecular formula is C10H11F3O. The zero-order valence-electron chi connectivity index (χ0n) is 7.82. The molecule has 0 saturated carbocycles. The molecule has 0 unspecified atom stereocenters. The Kier molecular flexibility index (Phi) is 3.13.